The van der Waals surface area contributed by atoms with Gasteiger partial charge in [0.05, 0.1) is 0 Å². The molecule has 0 spiro atoms. The number of rotatable bonds is 5. The van der Waals surface area contributed by atoms with Gasteiger partial charge in [0.2, 0.25) is 0 Å². The van der Waals surface area contributed by atoms with Crippen LogP contribution in [-0.2, 0) is 0 Å². The van der Waals surface area contributed by atoms with Gasteiger partial charge in [-0.25, -0.2) is 8.78 Å². The van der Waals surface area contributed by atoms with Crippen LogP contribution in [0.3, 0.4) is 0 Å². The summed E-state index contributed by atoms with van der Waals surface area (Å²) in [6.45, 7) is 6.77. The summed E-state index contributed by atoms with van der Waals surface area (Å²) in [6, 6.07) is 0. The summed E-state index contributed by atoms with van der Waals surface area (Å²) >= 11 is 0. The molecule has 0 N–H and O–H groups in total. The van der Waals surface area contributed by atoms with Crippen molar-refractivity contribution in [3.8, 4) is 0 Å². The number of halogens is 2. The minimum absolute atomic E-state index is 0.333. The van der Waals surface area contributed by atoms with Gasteiger partial charge in [0.1, 0.15) is 11.8 Å². The molecule has 2 heteroatoms. The van der Waals surface area contributed by atoms with Crippen LogP contribution in [0.15, 0.2) is 0 Å². The molecule has 0 aliphatic heterocycles. The predicted molar refractivity (Wildman–Crippen MR) is 48.8 cm³/mol. The maximum atomic E-state index is 13.3. The van der Waals surface area contributed by atoms with Gasteiger partial charge in [-0.05, 0) is 32.6 Å². The summed E-state index contributed by atoms with van der Waals surface area (Å²) in [5, 5.41) is 0. The maximum Gasteiger partial charge on any atom is 0.139 e. The maximum absolute atomic E-state index is 13.3. The summed E-state index contributed by atoms with van der Waals surface area (Å²) in [7, 11) is 0. The smallest absolute Gasteiger partial charge is 0.139 e. The Kier molecular flexibility index (Phi) is 4.73. The van der Waals surface area contributed by atoms with Crippen LogP contribution in [0.25, 0.3) is 0 Å². The van der Waals surface area contributed by atoms with Gasteiger partial charge in [0, 0.05) is 0 Å². The molecule has 0 aromatic heterocycles. The van der Waals surface area contributed by atoms with Crippen molar-refractivity contribution >= 4 is 0 Å². The van der Waals surface area contributed by atoms with Crippen molar-refractivity contribution < 1.29 is 8.78 Å². The molecule has 3 atom stereocenters. The van der Waals surface area contributed by atoms with E-state index < -0.39 is 11.8 Å². The molecular formula is C10H20F2. The normalized spacial score (nSPS) is 21.5. The van der Waals surface area contributed by atoms with Crippen molar-refractivity contribution in [1.82, 2.24) is 0 Å². The first-order valence-corrected chi connectivity index (χ1v) is 4.73. The van der Waals surface area contributed by atoms with E-state index in [2.05, 4.69) is 13.8 Å². The zero-order valence-corrected chi connectivity index (χ0v) is 8.53. The van der Waals surface area contributed by atoms with Crippen LogP contribution in [0.5, 0.6) is 0 Å². The number of hydrogen-bond acceptors (Lipinski definition) is 0. The summed E-state index contributed by atoms with van der Waals surface area (Å²) in [4.78, 5) is 0. The second kappa shape index (κ2) is 4.78. The van der Waals surface area contributed by atoms with Crippen LogP contribution in [-0.4, -0.2) is 11.8 Å². The molecule has 0 aliphatic rings. The summed E-state index contributed by atoms with van der Waals surface area (Å²) in [5.74, 6) is 0.499. The van der Waals surface area contributed by atoms with Crippen molar-refractivity contribution in [2.75, 3.05) is 0 Å². The Morgan fingerprint density at radius 3 is 2.17 bits per heavy atom. The van der Waals surface area contributed by atoms with E-state index >= 15 is 0 Å². The molecule has 0 rings (SSSR count). The van der Waals surface area contributed by atoms with Crippen LogP contribution in [0.1, 0.15) is 47.0 Å². The molecule has 3 unspecified atom stereocenters. The molecule has 0 amide bonds. The second-order valence-electron chi connectivity index (χ2n) is 3.95. The molecule has 0 fully saturated rings. The molecule has 0 bridgehead atoms. The van der Waals surface area contributed by atoms with E-state index in [0.717, 1.165) is 12.8 Å². The highest BCUT2D eigenvalue weighted by Crippen LogP contribution is 2.27. The van der Waals surface area contributed by atoms with E-state index in [1.807, 2.05) is 0 Å². The van der Waals surface area contributed by atoms with Gasteiger partial charge in [-0.1, -0.05) is 20.3 Å². The molecule has 74 valence electrons. The quantitative estimate of drug-likeness (QED) is 0.599. The fraction of sp³-hybridized carbons (Fsp3) is 1.00. The van der Waals surface area contributed by atoms with Crippen molar-refractivity contribution in [2.24, 2.45) is 5.92 Å². The van der Waals surface area contributed by atoms with Crippen LogP contribution < -0.4 is 0 Å². The summed E-state index contributed by atoms with van der Waals surface area (Å²) in [5.41, 5.74) is -1.64. The first kappa shape index (κ1) is 11.9. The topological polar surface area (TPSA) is 0 Å². The van der Waals surface area contributed by atoms with Gasteiger partial charge in [0.15, 0.2) is 0 Å². The largest absolute Gasteiger partial charge is 0.244 e. The monoisotopic (exact) mass is 178 g/mol. The lowest BCUT2D eigenvalue weighted by Gasteiger charge is -2.23. The minimum atomic E-state index is -1.64. The van der Waals surface area contributed by atoms with E-state index in [1.54, 1.807) is 0 Å². The van der Waals surface area contributed by atoms with Gasteiger partial charge in [-0.15, -0.1) is 0 Å². The van der Waals surface area contributed by atoms with Crippen LogP contribution in [0, 0.1) is 5.92 Å². The Balaban J connectivity index is 3.75. The Morgan fingerprint density at radius 2 is 1.83 bits per heavy atom. The van der Waals surface area contributed by atoms with Crippen molar-refractivity contribution in [3.05, 3.63) is 0 Å². The molecule has 0 radical (unpaired) electrons. The van der Waals surface area contributed by atoms with Gasteiger partial charge < -0.3 is 0 Å². The Morgan fingerprint density at radius 1 is 1.33 bits per heavy atom. The predicted octanol–water partition coefficient (Wildman–Crippen LogP) is 3.90. The van der Waals surface area contributed by atoms with E-state index in [9.17, 15) is 8.78 Å². The Hall–Kier alpha value is -0.140. The van der Waals surface area contributed by atoms with Crippen LogP contribution >= 0.6 is 0 Å². The van der Waals surface area contributed by atoms with Crippen molar-refractivity contribution in [2.45, 2.75) is 58.8 Å². The first-order valence-electron chi connectivity index (χ1n) is 4.73. The van der Waals surface area contributed by atoms with Gasteiger partial charge in [-0.2, -0.15) is 0 Å². The SMILES string of the molecule is CCC(C)CCC(C)(F)C(C)F. The third-order valence-electron chi connectivity index (χ3n) is 2.65. The standard InChI is InChI=1S/C10H20F2/c1-5-8(2)6-7-10(4,12)9(3)11/h8-9H,5-7H2,1-4H3. The van der Waals surface area contributed by atoms with Gasteiger partial charge in [0.25, 0.3) is 0 Å². The second-order valence-corrected chi connectivity index (χ2v) is 3.95. The van der Waals surface area contributed by atoms with Crippen molar-refractivity contribution in [3.63, 3.8) is 0 Å². The zero-order chi connectivity index (χ0) is 9.78. The lowest BCUT2D eigenvalue weighted by Crippen LogP contribution is -2.29. The molecule has 12 heavy (non-hydrogen) atoms. The van der Waals surface area contributed by atoms with Crippen molar-refractivity contribution in [1.29, 1.82) is 0 Å². The summed E-state index contributed by atoms with van der Waals surface area (Å²) in [6.07, 6.45) is 0.787. The Labute approximate surface area is 74.4 Å². The van der Waals surface area contributed by atoms with E-state index in [0.29, 0.717) is 12.3 Å². The van der Waals surface area contributed by atoms with Gasteiger partial charge in [-0.3, -0.25) is 0 Å². The fourth-order valence-corrected chi connectivity index (χ4v) is 0.932. The molecule has 0 heterocycles. The molecule has 0 nitrogen and oxygen atoms in total. The van der Waals surface area contributed by atoms with E-state index in [-0.39, 0.29) is 0 Å². The molecular weight excluding hydrogens is 158 g/mol. The number of hydrogen-bond donors (Lipinski definition) is 0. The lowest BCUT2D eigenvalue weighted by molar-refractivity contribution is 0.0636. The first-order chi connectivity index (χ1) is 5.40. The lowest BCUT2D eigenvalue weighted by atomic mass is 9.92. The number of alkyl halides is 2. The molecule has 0 saturated heterocycles. The summed E-state index contributed by atoms with van der Waals surface area (Å²) < 4.78 is 26.0. The highest BCUT2D eigenvalue weighted by molar-refractivity contribution is 4.79. The van der Waals surface area contributed by atoms with Gasteiger partial charge >= 0.3 is 0 Å². The molecule has 0 aromatic carbocycles. The minimum Gasteiger partial charge on any atom is -0.244 e. The molecule has 0 aromatic rings. The molecule has 0 saturated carbocycles. The van der Waals surface area contributed by atoms with Crippen LogP contribution in [0.2, 0.25) is 0 Å². The highest BCUT2D eigenvalue weighted by Gasteiger charge is 2.30. The third-order valence-corrected chi connectivity index (χ3v) is 2.65. The van der Waals surface area contributed by atoms with E-state index in [4.69, 9.17) is 0 Å². The fourth-order valence-electron chi connectivity index (χ4n) is 0.932. The highest BCUT2D eigenvalue weighted by atomic mass is 19.2. The van der Waals surface area contributed by atoms with E-state index in [1.165, 1.54) is 13.8 Å². The molecule has 0 aliphatic carbocycles. The average Bonchev–Trinajstić information content (AvgIpc) is 2.00. The third kappa shape index (κ3) is 4.03. The average molecular weight is 178 g/mol. The van der Waals surface area contributed by atoms with Crippen LogP contribution in [0.4, 0.5) is 8.78 Å². The Bertz CT molecular complexity index is 119. The zero-order valence-electron chi connectivity index (χ0n) is 8.53.